The predicted molar refractivity (Wildman–Crippen MR) is 356 cm³/mol. The summed E-state index contributed by atoms with van der Waals surface area (Å²) in [5.74, 6) is 5.05. The van der Waals surface area contributed by atoms with Gasteiger partial charge in [0.25, 0.3) is 23.6 Å². The summed E-state index contributed by atoms with van der Waals surface area (Å²) in [6.45, 7) is 17.4. The molecule has 8 amide bonds. The first-order valence-corrected chi connectivity index (χ1v) is 31.5. The number of benzene rings is 4. The number of anilines is 1. The molecule has 500 valence electrons. The Morgan fingerprint density at radius 1 is 0.684 bits per heavy atom. The quantitative estimate of drug-likeness (QED) is 0.0277. The summed E-state index contributed by atoms with van der Waals surface area (Å²) in [7, 11) is 3.01. The van der Waals surface area contributed by atoms with Gasteiger partial charge in [0.2, 0.25) is 17.7 Å². The summed E-state index contributed by atoms with van der Waals surface area (Å²) < 4.78 is 35.9. The molecular formula is C71H82N10O14. The Labute approximate surface area is 552 Å². The van der Waals surface area contributed by atoms with Crippen LogP contribution in [-0.2, 0) is 53.3 Å². The zero-order chi connectivity index (χ0) is 68.3. The highest BCUT2D eigenvalue weighted by molar-refractivity contribution is 6.13. The van der Waals surface area contributed by atoms with E-state index >= 15 is 0 Å². The summed E-state index contributed by atoms with van der Waals surface area (Å²) >= 11 is 0. The Kier molecular flexibility index (Phi) is 22.1. The minimum absolute atomic E-state index is 0.0143. The summed E-state index contributed by atoms with van der Waals surface area (Å²) in [6, 6.07) is 17.1. The molecule has 5 heterocycles. The Bertz CT molecular complexity index is 3720. The molecule has 0 spiro atoms. The van der Waals surface area contributed by atoms with Crippen molar-refractivity contribution in [3.8, 4) is 34.8 Å². The molecule has 24 nitrogen and oxygen atoms in total. The van der Waals surface area contributed by atoms with Gasteiger partial charge < -0.3 is 64.8 Å². The maximum Gasteiger partial charge on any atom is 0.408 e. The van der Waals surface area contributed by atoms with Gasteiger partial charge in [-0.1, -0.05) is 49.0 Å². The zero-order valence-electron chi connectivity index (χ0n) is 55.4. The number of ether oxygens (including phenoxy) is 6. The summed E-state index contributed by atoms with van der Waals surface area (Å²) in [5, 5.41) is 14.6. The van der Waals surface area contributed by atoms with Crippen LogP contribution in [0.3, 0.4) is 0 Å². The van der Waals surface area contributed by atoms with E-state index in [9.17, 15) is 38.4 Å². The van der Waals surface area contributed by atoms with Crippen LogP contribution in [0.4, 0.5) is 21.9 Å². The largest absolute Gasteiger partial charge is 0.493 e. The number of hydrogen-bond donors (Lipinski definition) is 5. The minimum atomic E-state index is -0.900. The Morgan fingerprint density at radius 2 is 1.24 bits per heavy atom. The minimum Gasteiger partial charge on any atom is -0.493 e. The third kappa shape index (κ3) is 18.0. The van der Waals surface area contributed by atoms with Gasteiger partial charge in [-0.25, -0.2) is 4.79 Å². The number of carbonyl (C=O) groups is 8. The molecule has 0 aliphatic carbocycles. The highest BCUT2D eigenvalue weighted by atomic mass is 16.5. The lowest BCUT2D eigenvalue weighted by atomic mass is 9.94. The number of hydrogen-bond acceptors (Lipinski definition) is 17. The van der Waals surface area contributed by atoms with Crippen LogP contribution in [0, 0.1) is 17.8 Å². The third-order valence-electron chi connectivity index (χ3n) is 16.4. The van der Waals surface area contributed by atoms with Gasteiger partial charge in [-0.05, 0) is 133 Å². The number of carbonyl (C=O) groups excluding carboxylic acids is 8. The van der Waals surface area contributed by atoms with Crippen molar-refractivity contribution < 1.29 is 66.8 Å². The second kappa shape index (κ2) is 30.3. The Morgan fingerprint density at radius 3 is 1.78 bits per heavy atom. The van der Waals surface area contributed by atoms with Crippen molar-refractivity contribution in [2.45, 2.75) is 143 Å². The molecule has 0 saturated carbocycles. The topological polar surface area (TPSA) is 287 Å². The summed E-state index contributed by atoms with van der Waals surface area (Å²) in [6.07, 6.45) is 10.8. The predicted octanol–water partition coefficient (Wildman–Crippen LogP) is 8.26. The van der Waals surface area contributed by atoms with Crippen molar-refractivity contribution >= 4 is 76.9 Å². The van der Waals surface area contributed by atoms with Crippen LogP contribution in [-0.4, -0.2) is 150 Å². The van der Waals surface area contributed by atoms with Gasteiger partial charge in [0.05, 0.1) is 67.0 Å². The first-order valence-electron chi connectivity index (χ1n) is 31.5. The molecule has 3 unspecified atom stereocenters. The van der Waals surface area contributed by atoms with E-state index in [0.29, 0.717) is 99.3 Å². The highest BCUT2D eigenvalue weighted by Crippen LogP contribution is 2.41. The van der Waals surface area contributed by atoms with Crippen LogP contribution in [0.1, 0.15) is 131 Å². The number of amides is 8. The number of rotatable bonds is 27. The fourth-order valence-corrected chi connectivity index (χ4v) is 11.1. The van der Waals surface area contributed by atoms with Crippen LogP contribution >= 0.6 is 0 Å². The molecular weight excluding hydrogens is 1220 g/mol. The Hall–Kier alpha value is -10.1. The van der Waals surface area contributed by atoms with Crippen molar-refractivity contribution in [2.24, 2.45) is 15.9 Å². The van der Waals surface area contributed by atoms with Gasteiger partial charge in [-0.15, -0.1) is 0 Å². The van der Waals surface area contributed by atoms with Crippen LogP contribution in [0.15, 0.2) is 112 Å². The maximum absolute atomic E-state index is 13.7. The molecule has 0 bridgehead atoms. The van der Waals surface area contributed by atoms with Gasteiger partial charge in [0.15, 0.2) is 23.0 Å². The van der Waals surface area contributed by atoms with Gasteiger partial charge in [-0.3, -0.25) is 48.4 Å². The molecule has 5 N–H and O–H groups in total. The van der Waals surface area contributed by atoms with E-state index in [2.05, 4.69) is 48.4 Å². The van der Waals surface area contributed by atoms with E-state index in [4.69, 9.17) is 28.4 Å². The number of nitrogens with zero attached hydrogens (tertiary/aromatic N) is 5. The number of imide groups is 1. The normalized spacial score (nSPS) is 16.9. The molecule has 9 rings (SSSR count). The first kappa shape index (κ1) is 69.2. The second-order valence-corrected chi connectivity index (χ2v) is 25.6. The molecule has 0 saturated heterocycles. The van der Waals surface area contributed by atoms with Gasteiger partial charge in [0, 0.05) is 92.0 Å². The molecule has 4 atom stereocenters. The standard InChI is InChI=1S/C71H82N10O14/c1-42(2)64(78-70(6,7)21-24-95-71(8,9)41-75-61(82)20-23-79-62(83)18-19-63(79)84)66(86)76-45(5)65(85)77-50-16-14-46(15-17-50)38-94-69(89)72-22-12-13-47-27-48(39-92-59-32-55-53(30-57(59)90-10)67(87)80-36-43(3)25-51(80)34-73-55)29-49(28-47)40-93-60-33-56-54(31-58(60)91-11)68(88)81-37-44(4)26-52(81)35-74-56/h14-19,27-37,42,45,51-52,64,78H,20-26,38-41H2,1-11H3,(H,72,89)(H,75,82)(H,76,86)(H,77,85)/t45-,51?,52?,64?/m0/s1. The SMILES string of the molecule is COc1cc2c(cc1OCc1cc(C#CCNC(=O)OCc3ccc(NC(=O)[C@H](C)NC(=O)C(NC(C)(C)CCOC(C)(C)CNC(=O)CCN4C(=O)C=CC4=O)C(C)C)cc3)cc(COc3cc4c(cc3OC)C(=O)N3C=C(C)CC3C=N4)c1)N=CC1CC(C)=CN1C2=O. The number of nitrogens with one attached hydrogen (secondary N) is 5. The van der Waals surface area contributed by atoms with E-state index in [1.54, 1.807) is 77.7 Å². The molecule has 0 fully saturated rings. The smallest absolute Gasteiger partial charge is 0.408 e. The van der Waals surface area contributed by atoms with Gasteiger partial charge in [0.1, 0.15) is 25.9 Å². The fraction of sp³-hybridized carbons (Fsp3) is 0.408. The maximum atomic E-state index is 13.7. The van der Waals surface area contributed by atoms with E-state index in [0.717, 1.165) is 16.0 Å². The fourth-order valence-electron chi connectivity index (χ4n) is 11.1. The molecule has 4 aromatic rings. The van der Waals surface area contributed by atoms with E-state index in [-0.39, 0.29) is 87.5 Å². The van der Waals surface area contributed by atoms with Crippen molar-refractivity contribution in [3.05, 3.63) is 136 Å². The van der Waals surface area contributed by atoms with Crippen LogP contribution in [0.2, 0.25) is 0 Å². The van der Waals surface area contributed by atoms with Crippen molar-refractivity contribution in [2.75, 3.05) is 45.8 Å². The van der Waals surface area contributed by atoms with E-state index in [1.807, 2.05) is 86.0 Å². The number of methoxy groups -OCH3 is 2. The lowest BCUT2D eigenvalue weighted by molar-refractivity contribution is -0.137. The number of alkyl carbamates (subject to hydrolysis) is 1. The number of fused-ring (bicyclic) bond motifs is 4. The summed E-state index contributed by atoms with van der Waals surface area (Å²) in [4.78, 5) is 117. The third-order valence-corrected chi connectivity index (χ3v) is 16.4. The highest BCUT2D eigenvalue weighted by Gasteiger charge is 2.36. The first-order chi connectivity index (χ1) is 45.2. The van der Waals surface area contributed by atoms with Crippen molar-refractivity contribution in [3.63, 3.8) is 0 Å². The van der Waals surface area contributed by atoms with Crippen LogP contribution in [0.25, 0.3) is 0 Å². The van der Waals surface area contributed by atoms with E-state index < -0.39 is 47.0 Å². The van der Waals surface area contributed by atoms with Crippen molar-refractivity contribution in [1.82, 2.24) is 36.0 Å². The average molecular weight is 1300 g/mol. The molecule has 0 radical (unpaired) electrons. The van der Waals surface area contributed by atoms with Crippen LogP contribution < -0.4 is 45.5 Å². The molecule has 0 aromatic heterocycles. The molecule has 95 heavy (non-hydrogen) atoms. The van der Waals surface area contributed by atoms with Crippen molar-refractivity contribution in [1.29, 1.82) is 0 Å². The molecule has 24 heteroatoms. The van der Waals surface area contributed by atoms with Gasteiger partial charge >= 0.3 is 6.09 Å². The average Bonchev–Trinajstić information content (AvgIpc) is 1.69. The zero-order valence-corrected chi connectivity index (χ0v) is 55.4. The number of aliphatic imine (C=N–C) groups is 2. The molecule has 5 aliphatic heterocycles. The van der Waals surface area contributed by atoms with Crippen LogP contribution in [0.5, 0.6) is 23.0 Å². The van der Waals surface area contributed by atoms with E-state index in [1.165, 1.54) is 26.4 Å². The lowest BCUT2D eigenvalue weighted by Gasteiger charge is -2.35. The molecule has 4 aromatic carbocycles. The monoisotopic (exact) mass is 1300 g/mol. The Balaban J connectivity index is 0.763. The second-order valence-electron chi connectivity index (χ2n) is 25.6. The molecule has 5 aliphatic rings. The lowest BCUT2D eigenvalue weighted by Crippen LogP contribution is -2.57. The summed E-state index contributed by atoms with van der Waals surface area (Å²) in [5.41, 5.74) is 5.64. The van der Waals surface area contributed by atoms with Gasteiger partial charge in [-0.2, -0.15) is 0 Å².